The Morgan fingerprint density at radius 2 is 2.56 bits per heavy atom. The van der Waals surface area contributed by atoms with Crippen LogP contribution in [0, 0.1) is 0 Å². The van der Waals surface area contributed by atoms with Crippen LogP contribution in [-0.4, -0.2) is 32.7 Å². The molecule has 0 bridgehead atoms. The Hall–Kier alpha value is -1.36. The van der Waals surface area contributed by atoms with Gasteiger partial charge in [-0.25, -0.2) is 4.98 Å². The molecular formula is C11H16N4S. The van der Waals surface area contributed by atoms with Gasteiger partial charge in [0, 0.05) is 26.6 Å². The van der Waals surface area contributed by atoms with E-state index in [1.165, 1.54) is 11.4 Å². The van der Waals surface area contributed by atoms with Crippen LogP contribution in [0.1, 0.15) is 11.4 Å². The van der Waals surface area contributed by atoms with E-state index < -0.39 is 0 Å². The Balaban J connectivity index is 2.04. The lowest BCUT2D eigenvalue weighted by Crippen LogP contribution is -2.42. The Bertz CT molecular complexity index is 410. The van der Waals surface area contributed by atoms with Crippen LogP contribution in [0.5, 0.6) is 0 Å². The molecule has 2 rings (SSSR count). The highest BCUT2D eigenvalue weighted by Crippen LogP contribution is 2.16. The van der Waals surface area contributed by atoms with Crippen molar-refractivity contribution < 1.29 is 0 Å². The highest BCUT2D eigenvalue weighted by Gasteiger charge is 2.21. The van der Waals surface area contributed by atoms with Gasteiger partial charge in [-0.3, -0.25) is 0 Å². The van der Waals surface area contributed by atoms with Gasteiger partial charge in [-0.05, 0) is 12.2 Å². The quantitative estimate of drug-likeness (QED) is 0.609. The molecule has 0 unspecified atom stereocenters. The fourth-order valence-corrected chi connectivity index (χ4v) is 2.10. The molecule has 16 heavy (non-hydrogen) atoms. The number of imidazole rings is 1. The second-order valence-corrected chi connectivity index (χ2v) is 4.28. The van der Waals surface area contributed by atoms with Crippen molar-refractivity contribution in [1.29, 1.82) is 0 Å². The molecule has 0 saturated carbocycles. The van der Waals surface area contributed by atoms with Gasteiger partial charge >= 0.3 is 0 Å². The van der Waals surface area contributed by atoms with Crippen LogP contribution >= 0.6 is 12.2 Å². The van der Waals surface area contributed by atoms with E-state index in [0.717, 1.165) is 24.6 Å². The molecular weight excluding hydrogens is 220 g/mol. The molecule has 1 aliphatic rings. The van der Waals surface area contributed by atoms with E-state index in [9.17, 15) is 0 Å². The summed E-state index contributed by atoms with van der Waals surface area (Å²) in [6.07, 6.45) is 4.65. The van der Waals surface area contributed by atoms with Gasteiger partial charge in [0.25, 0.3) is 0 Å². The van der Waals surface area contributed by atoms with E-state index in [4.69, 9.17) is 12.2 Å². The number of nitrogens with one attached hydrogen (secondary N) is 1. The predicted molar refractivity (Wildman–Crippen MR) is 68.1 cm³/mol. The van der Waals surface area contributed by atoms with E-state index in [1.54, 1.807) is 0 Å². The molecule has 5 heteroatoms. The molecule has 0 fully saturated rings. The van der Waals surface area contributed by atoms with E-state index in [-0.39, 0.29) is 0 Å². The first-order valence-electron chi connectivity index (χ1n) is 5.35. The highest BCUT2D eigenvalue weighted by molar-refractivity contribution is 7.80. The molecule has 1 aromatic heterocycles. The van der Waals surface area contributed by atoms with Crippen LogP contribution in [0.15, 0.2) is 19.0 Å². The second kappa shape index (κ2) is 4.65. The standard InChI is InChI=1S/C11H16N4S/c1-3-5-12-11(16)15-6-4-9-10(7-15)14(2)8-13-9/h3,8H,1,4-7H2,2H3,(H,12,16). The van der Waals surface area contributed by atoms with Gasteiger partial charge in [-0.1, -0.05) is 6.08 Å². The zero-order valence-electron chi connectivity index (χ0n) is 9.44. The fourth-order valence-electron chi connectivity index (χ4n) is 1.86. The van der Waals surface area contributed by atoms with Gasteiger partial charge < -0.3 is 14.8 Å². The SMILES string of the molecule is C=CCNC(=S)N1CCc2ncn(C)c2C1. The highest BCUT2D eigenvalue weighted by atomic mass is 32.1. The molecule has 86 valence electrons. The van der Waals surface area contributed by atoms with Crippen molar-refractivity contribution in [3.8, 4) is 0 Å². The third kappa shape index (κ3) is 2.09. The molecule has 0 saturated heterocycles. The lowest BCUT2D eigenvalue weighted by Gasteiger charge is -2.29. The topological polar surface area (TPSA) is 33.1 Å². The molecule has 0 aliphatic carbocycles. The lowest BCUT2D eigenvalue weighted by atomic mass is 10.1. The average Bonchev–Trinajstić information content (AvgIpc) is 2.67. The zero-order valence-corrected chi connectivity index (χ0v) is 10.3. The molecule has 0 radical (unpaired) electrons. The second-order valence-electron chi connectivity index (χ2n) is 3.90. The Morgan fingerprint density at radius 3 is 3.31 bits per heavy atom. The summed E-state index contributed by atoms with van der Waals surface area (Å²) in [5.41, 5.74) is 2.46. The van der Waals surface area contributed by atoms with Gasteiger partial charge in [-0.2, -0.15) is 0 Å². The average molecular weight is 236 g/mol. The summed E-state index contributed by atoms with van der Waals surface area (Å²) in [4.78, 5) is 6.54. The number of rotatable bonds is 2. The smallest absolute Gasteiger partial charge is 0.169 e. The summed E-state index contributed by atoms with van der Waals surface area (Å²) < 4.78 is 2.07. The summed E-state index contributed by atoms with van der Waals surface area (Å²) in [7, 11) is 2.02. The van der Waals surface area contributed by atoms with Gasteiger partial charge in [0.2, 0.25) is 0 Å². The third-order valence-electron chi connectivity index (χ3n) is 2.79. The first-order chi connectivity index (χ1) is 7.72. The monoisotopic (exact) mass is 236 g/mol. The molecule has 0 aromatic carbocycles. The number of aryl methyl sites for hydroxylation is 1. The van der Waals surface area contributed by atoms with Gasteiger partial charge in [0.15, 0.2) is 5.11 Å². The normalized spacial score (nSPS) is 14.4. The minimum atomic E-state index is 0.716. The summed E-state index contributed by atoms with van der Waals surface area (Å²) in [6.45, 7) is 6.16. The van der Waals surface area contributed by atoms with Crippen molar-refractivity contribution in [3.63, 3.8) is 0 Å². The Labute approximate surface area is 101 Å². The summed E-state index contributed by atoms with van der Waals surface area (Å²) in [5.74, 6) is 0. The van der Waals surface area contributed by atoms with Crippen LogP contribution in [0.2, 0.25) is 0 Å². The summed E-state index contributed by atoms with van der Waals surface area (Å²) in [5, 5.41) is 3.95. The summed E-state index contributed by atoms with van der Waals surface area (Å²) >= 11 is 5.32. The third-order valence-corrected chi connectivity index (χ3v) is 3.19. The molecule has 1 N–H and O–H groups in total. The molecule has 4 nitrogen and oxygen atoms in total. The summed E-state index contributed by atoms with van der Waals surface area (Å²) in [6, 6.07) is 0. The van der Waals surface area contributed by atoms with Gasteiger partial charge in [0.1, 0.15) is 0 Å². The van der Waals surface area contributed by atoms with Crippen molar-refractivity contribution in [3.05, 3.63) is 30.4 Å². The molecule has 0 amide bonds. The van der Waals surface area contributed by atoms with E-state index in [1.807, 2.05) is 19.5 Å². The van der Waals surface area contributed by atoms with E-state index >= 15 is 0 Å². The van der Waals surface area contributed by atoms with Gasteiger partial charge in [0.05, 0.1) is 24.3 Å². The van der Waals surface area contributed by atoms with E-state index in [2.05, 4.69) is 26.3 Å². The number of thiocarbonyl (C=S) groups is 1. The van der Waals surface area contributed by atoms with Crippen molar-refractivity contribution in [2.24, 2.45) is 7.05 Å². The molecule has 0 atom stereocenters. The molecule has 1 aliphatic heterocycles. The maximum absolute atomic E-state index is 5.32. The molecule has 1 aromatic rings. The number of aromatic nitrogens is 2. The minimum absolute atomic E-state index is 0.716. The zero-order chi connectivity index (χ0) is 11.5. The van der Waals surface area contributed by atoms with Crippen LogP contribution in [-0.2, 0) is 20.0 Å². The number of fused-ring (bicyclic) bond motifs is 1. The van der Waals surface area contributed by atoms with Crippen LogP contribution in [0.3, 0.4) is 0 Å². The van der Waals surface area contributed by atoms with E-state index in [0.29, 0.717) is 6.54 Å². The van der Waals surface area contributed by atoms with Crippen molar-refractivity contribution in [2.45, 2.75) is 13.0 Å². The minimum Gasteiger partial charge on any atom is -0.359 e. The predicted octanol–water partition coefficient (Wildman–Crippen LogP) is 0.839. The van der Waals surface area contributed by atoms with Crippen LogP contribution in [0.4, 0.5) is 0 Å². The van der Waals surface area contributed by atoms with Gasteiger partial charge in [-0.15, -0.1) is 6.58 Å². The van der Waals surface area contributed by atoms with Crippen LogP contribution in [0.25, 0.3) is 0 Å². The fraction of sp³-hybridized carbons (Fsp3) is 0.455. The van der Waals surface area contributed by atoms with Crippen molar-refractivity contribution >= 4 is 17.3 Å². The lowest BCUT2D eigenvalue weighted by molar-refractivity contribution is 0.376. The Morgan fingerprint density at radius 1 is 1.75 bits per heavy atom. The number of hydrogen-bond acceptors (Lipinski definition) is 2. The van der Waals surface area contributed by atoms with Crippen LogP contribution < -0.4 is 5.32 Å². The number of nitrogens with zero attached hydrogens (tertiary/aromatic N) is 3. The van der Waals surface area contributed by atoms with Crippen molar-refractivity contribution in [2.75, 3.05) is 13.1 Å². The first-order valence-corrected chi connectivity index (χ1v) is 5.76. The molecule has 0 spiro atoms. The first kappa shape index (κ1) is 11.1. The maximum Gasteiger partial charge on any atom is 0.169 e. The number of hydrogen-bond donors (Lipinski definition) is 1. The maximum atomic E-state index is 5.32. The van der Waals surface area contributed by atoms with Crippen molar-refractivity contribution in [1.82, 2.24) is 19.8 Å². The largest absolute Gasteiger partial charge is 0.359 e. The Kier molecular flexibility index (Phi) is 3.24. The molecule has 2 heterocycles.